The van der Waals surface area contributed by atoms with Gasteiger partial charge in [0.1, 0.15) is 0 Å². The zero-order valence-corrected chi connectivity index (χ0v) is 7.48. The fraction of sp³-hybridized carbons (Fsp3) is 0.100. The first kappa shape index (κ1) is 11.1. The van der Waals surface area contributed by atoms with Gasteiger partial charge in [0.05, 0.1) is 12.0 Å². The van der Waals surface area contributed by atoms with Crippen molar-refractivity contribution in [3.63, 3.8) is 0 Å². The average Bonchev–Trinajstić information content (AvgIpc) is 2.18. The first-order valence-corrected chi connectivity index (χ1v) is 3.93. The number of primary amides is 1. The second-order valence-corrected chi connectivity index (χ2v) is 2.67. The van der Waals surface area contributed by atoms with Gasteiger partial charge in [-0.15, -0.1) is 0 Å². The molecule has 0 aromatic heterocycles. The number of carbonyl (C=O) groups excluding carboxylic acids is 1. The number of nitrogens with two attached hydrogens (primary N) is 1. The third kappa shape index (κ3) is 2.74. The summed E-state index contributed by atoms with van der Waals surface area (Å²) >= 11 is 0. The van der Waals surface area contributed by atoms with Gasteiger partial charge < -0.3 is 5.73 Å². The molecule has 15 heavy (non-hydrogen) atoms. The smallest absolute Gasteiger partial charge is 0.229 e. The van der Waals surface area contributed by atoms with Crippen molar-refractivity contribution in [3.05, 3.63) is 35.1 Å². The predicted molar refractivity (Wildman–Crippen MR) is 47.0 cm³/mol. The molecular formula is C10H6F3NO. The Balaban J connectivity index is 3.00. The molecule has 0 bridgehead atoms. The number of halogens is 3. The molecule has 1 aromatic carbocycles. The molecule has 0 atom stereocenters. The highest BCUT2D eigenvalue weighted by Crippen LogP contribution is 2.13. The SMILES string of the molecule is NC(=O)CC#Cc1ccc(F)c(F)c1F. The van der Waals surface area contributed by atoms with E-state index < -0.39 is 23.4 Å². The highest BCUT2D eigenvalue weighted by atomic mass is 19.2. The van der Waals surface area contributed by atoms with E-state index >= 15 is 0 Å². The first-order valence-electron chi connectivity index (χ1n) is 3.93. The van der Waals surface area contributed by atoms with E-state index in [9.17, 15) is 18.0 Å². The molecule has 1 aromatic rings. The first-order chi connectivity index (χ1) is 7.02. The van der Waals surface area contributed by atoms with Crippen LogP contribution in [0.1, 0.15) is 12.0 Å². The van der Waals surface area contributed by atoms with Crippen LogP contribution in [-0.2, 0) is 4.79 Å². The van der Waals surface area contributed by atoms with Crippen molar-refractivity contribution in [2.24, 2.45) is 5.73 Å². The van der Waals surface area contributed by atoms with E-state index in [1.807, 2.05) is 0 Å². The molecule has 0 saturated heterocycles. The van der Waals surface area contributed by atoms with Gasteiger partial charge in [0.2, 0.25) is 5.91 Å². The van der Waals surface area contributed by atoms with E-state index in [-0.39, 0.29) is 12.0 Å². The number of hydrogen-bond acceptors (Lipinski definition) is 1. The molecular weight excluding hydrogens is 207 g/mol. The lowest BCUT2D eigenvalue weighted by Crippen LogP contribution is -2.08. The van der Waals surface area contributed by atoms with Gasteiger partial charge in [-0.1, -0.05) is 11.8 Å². The van der Waals surface area contributed by atoms with E-state index in [2.05, 4.69) is 11.8 Å². The topological polar surface area (TPSA) is 43.1 Å². The Kier molecular flexibility index (Phi) is 3.34. The highest BCUT2D eigenvalue weighted by Gasteiger charge is 2.11. The van der Waals surface area contributed by atoms with Crippen LogP contribution < -0.4 is 5.73 Å². The maximum Gasteiger partial charge on any atom is 0.229 e. The molecule has 5 heteroatoms. The average molecular weight is 213 g/mol. The zero-order chi connectivity index (χ0) is 11.4. The molecule has 0 aliphatic carbocycles. The van der Waals surface area contributed by atoms with Crippen LogP contribution in [0.15, 0.2) is 12.1 Å². The zero-order valence-electron chi connectivity index (χ0n) is 7.48. The van der Waals surface area contributed by atoms with Crippen molar-refractivity contribution < 1.29 is 18.0 Å². The van der Waals surface area contributed by atoms with E-state index in [0.717, 1.165) is 12.1 Å². The molecule has 0 fully saturated rings. The van der Waals surface area contributed by atoms with Crippen LogP contribution in [0.3, 0.4) is 0 Å². The minimum atomic E-state index is -1.58. The van der Waals surface area contributed by atoms with Crippen molar-refractivity contribution >= 4 is 5.91 Å². The lowest BCUT2D eigenvalue weighted by atomic mass is 10.2. The van der Waals surface area contributed by atoms with Crippen LogP contribution in [0.2, 0.25) is 0 Å². The van der Waals surface area contributed by atoms with Gasteiger partial charge in [0, 0.05) is 0 Å². The highest BCUT2D eigenvalue weighted by molar-refractivity contribution is 5.76. The largest absolute Gasteiger partial charge is 0.369 e. The Morgan fingerprint density at radius 2 is 1.93 bits per heavy atom. The van der Waals surface area contributed by atoms with Gasteiger partial charge in [-0.05, 0) is 12.1 Å². The Bertz CT molecular complexity index is 460. The van der Waals surface area contributed by atoms with Crippen molar-refractivity contribution in [2.75, 3.05) is 0 Å². The fourth-order valence-electron chi connectivity index (χ4n) is 0.849. The summed E-state index contributed by atoms with van der Waals surface area (Å²) in [5.41, 5.74) is 4.47. The summed E-state index contributed by atoms with van der Waals surface area (Å²) in [7, 11) is 0. The summed E-state index contributed by atoms with van der Waals surface area (Å²) in [4.78, 5) is 10.3. The molecule has 1 rings (SSSR count). The Hall–Kier alpha value is -1.96. The van der Waals surface area contributed by atoms with Gasteiger partial charge in [-0.3, -0.25) is 4.79 Å². The maximum absolute atomic E-state index is 13.0. The second kappa shape index (κ2) is 4.51. The molecule has 2 N–H and O–H groups in total. The lowest BCUT2D eigenvalue weighted by Gasteiger charge is -1.96. The number of amides is 1. The van der Waals surface area contributed by atoms with Crippen LogP contribution in [-0.4, -0.2) is 5.91 Å². The summed E-state index contributed by atoms with van der Waals surface area (Å²) < 4.78 is 38.1. The molecule has 0 saturated carbocycles. The number of carbonyl (C=O) groups is 1. The Labute approximate surface area is 83.9 Å². The molecule has 2 nitrogen and oxygen atoms in total. The third-order valence-corrected chi connectivity index (χ3v) is 1.52. The number of rotatable bonds is 1. The van der Waals surface area contributed by atoms with Gasteiger partial charge in [0.25, 0.3) is 0 Å². The van der Waals surface area contributed by atoms with Crippen molar-refractivity contribution in [3.8, 4) is 11.8 Å². The second-order valence-electron chi connectivity index (χ2n) is 2.67. The Morgan fingerprint density at radius 3 is 2.53 bits per heavy atom. The quantitative estimate of drug-likeness (QED) is 0.555. The van der Waals surface area contributed by atoms with Crippen LogP contribution in [0.25, 0.3) is 0 Å². The summed E-state index contributed by atoms with van der Waals surface area (Å²) in [6.07, 6.45) is -0.265. The van der Waals surface area contributed by atoms with Crippen LogP contribution >= 0.6 is 0 Å². The summed E-state index contributed by atoms with van der Waals surface area (Å²) in [6.45, 7) is 0. The van der Waals surface area contributed by atoms with Gasteiger partial charge in [0.15, 0.2) is 17.5 Å². The molecule has 0 aliphatic rings. The monoisotopic (exact) mass is 213 g/mol. The van der Waals surface area contributed by atoms with Crippen LogP contribution in [0, 0.1) is 29.3 Å². The molecule has 0 radical (unpaired) electrons. The fourth-order valence-corrected chi connectivity index (χ4v) is 0.849. The number of hydrogen-bond donors (Lipinski definition) is 1. The van der Waals surface area contributed by atoms with Gasteiger partial charge >= 0.3 is 0 Å². The summed E-state index contributed by atoms with van der Waals surface area (Å²) in [5, 5.41) is 0. The Morgan fingerprint density at radius 1 is 1.27 bits per heavy atom. The minimum absolute atomic E-state index is 0.265. The van der Waals surface area contributed by atoms with Gasteiger partial charge in [-0.25, -0.2) is 13.2 Å². The minimum Gasteiger partial charge on any atom is -0.369 e. The van der Waals surface area contributed by atoms with Gasteiger partial charge in [-0.2, -0.15) is 0 Å². The molecule has 1 amide bonds. The molecule has 78 valence electrons. The lowest BCUT2D eigenvalue weighted by molar-refractivity contribution is -0.117. The predicted octanol–water partition coefficient (Wildman–Crippen LogP) is 1.33. The van der Waals surface area contributed by atoms with E-state index in [1.54, 1.807) is 0 Å². The normalized spacial score (nSPS) is 9.27. The van der Waals surface area contributed by atoms with E-state index in [0.29, 0.717) is 0 Å². The van der Waals surface area contributed by atoms with Crippen LogP contribution in [0.4, 0.5) is 13.2 Å². The van der Waals surface area contributed by atoms with E-state index in [1.165, 1.54) is 0 Å². The summed E-state index contributed by atoms with van der Waals surface area (Å²) in [5.74, 6) is -0.496. The summed E-state index contributed by atoms with van der Waals surface area (Å²) in [6, 6.07) is 1.74. The standard InChI is InChI=1S/C10H6F3NO/c11-7-5-4-6(9(12)10(7)13)2-1-3-8(14)15/h4-5H,3H2,(H2,14,15). The molecule has 0 unspecified atom stereocenters. The molecule has 0 spiro atoms. The van der Waals surface area contributed by atoms with Crippen LogP contribution in [0.5, 0.6) is 0 Å². The van der Waals surface area contributed by atoms with Crippen molar-refractivity contribution in [1.82, 2.24) is 0 Å². The van der Waals surface area contributed by atoms with Crippen molar-refractivity contribution in [1.29, 1.82) is 0 Å². The van der Waals surface area contributed by atoms with Crippen molar-refractivity contribution in [2.45, 2.75) is 6.42 Å². The van der Waals surface area contributed by atoms with E-state index in [4.69, 9.17) is 5.73 Å². The third-order valence-electron chi connectivity index (χ3n) is 1.52. The number of benzene rings is 1. The molecule has 0 aliphatic heterocycles. The molecule has 0 heterocycles. The maximum atomic E-state index is 13.0.